The molecule has 0 aromatic carbocycles. The molecule has 0 aliphatic heterocycles. The maximum absolute atomic E-state index is 5.46. The number of aryl methyl sites for hydroxylation is 1. The molecule has 2 rings (SSSR count). The Morgan fingerprint density at radius 1 is 1.44 bits per heavy atom. The molecule has 3 nitrogen and oxygen atoms in total. The van der Waals surface area contributed by atoms with Crippen molar-refractivity contribution in [3.05, 3.63) is 53.7 Å². The third-order valence-electron chi connectivity index (χ3n) is 2.49. The number of hydrogen-bond acceptors (Lipinski definition) is 3. The summed E-state index contributed by atoms with van der Waals surface area (Å²) in [5, 5.41) is 3.41. The SMILES string of the molecule is CCNC(c1ccnc(C)c1)c1ccco1. The number of hydrogen-bond donors (Lipinski definition) is 1. The largest absolute Gasteiger partial charge is 0.467 e. The van der Waals surface area contributed by atoms with Crippen molar-refractivity contribution in [2.45, 2.75) is 19.9 Å². The summed E-state index contributed by atoms with van der Waals surface area (Å²) in [7, 11) is 0. The monoisotopic (exact) mass is 216 g/mol. The minimum atomic E-state index is 0.113. The first kappa shape index (κ1) is 10.9. The van der Waals surface area contributed by atoms with E-state index < -0.39 is 0 Å². The van der Waals surface area contributed by atoms with Crippen LogP contribution in [0.25, 0.3) is 0 Å². The Kier molecular flexibility index (Phi) is 3.37. The molecule has 2 aromatic rings. The van der Waals surface area contributed by atoms with E-state index in [0.717, 1.165) is 18.0 Å². The Morgan fingerprint density at radius 2 is 2.31 bits per heavy atom. The third-order valence-corrected chi connectivity index (χ3v) is 2.49. The van der Waals surface area contributed by atoms with E-state index in [9.17, 15) is 0 Å². The van der Waals surface area contributed by atoms with Gasteiger partial charge in [0.1, 0.15) is 5.76 Å². The van der Waals surface area contributed by atoms with E-state index in [4.69, 9.17) is 4.42 Å². The molecule has 2 aromatic heterocycles. The van der Waals surface area contributed by atoms with Crippen molar-refractivity contribution in [2.75, 3.05) is 6.54 Å². The summed E-state index contributed by atoms with van der Waals surface area (Å²) < 4.78 is 5.46. The van der Waals surface area contributed by atoms with Crippen LogP contribution in [-0.4, -0.2) is 11.5 Å². The highest BCUT2D eigenvalue weighted by Gasteiger charge is 2.15. The van der Waals surface area contributed by atoms with Gasteiger partial charge in [-0.15, -0.1) is 0 Å². The smallest absolute Gasteiger partial charge is 0.125 e. The van der Waals surface area contributed by atoms with Gasteiger partial charge in [0, 0.05) is 11.9 Å². The fourth-order valence-corrected chi connectivity index (χ4v) is 1.79. The van der Waals surface area contributed by atoms with E-state index in [1.165, 1.54) is 5.56 Å². The van der Waals surface area contributed by atoms with Crippen LogP contribution in [0, 0.1) is 6.92 Å². The number of pyridine rings is 1. The van der Waals surface area contributed by atoms with Gasteiger partial charge in [-0.1, -0.05) is 6.92 Å². The van der Waals surface area contributed by atoms with E-state index in [0.29, 0.717) is 0 Å². The van der Waals surface area contributed by atoms with Crippen molar-refractivity contribution in [1.29, 1.82) is 0 Å². The lowest BCUT2D eigenvalue weighted by molar-refractivity contribution is 0.452. The van der Waals surface area contributed by atoms with Crippen molar-refractivity contribution in [2.24, 2.45) is 0 Å². The van der Waals surface area contributed by atoms with Gasteiger partial charge in [-0.3, -0.25) is 4.98 Å². The van der Waals surface area contributed by atoms with Gasteiger partial charge >= 0.3 is 0 Å². The Balaban J connectivity index is 2.33. The topological polar surface area (TPSA) is 38.1 Å². The molecule has 0 aliphatic rings. The Morgan fingerprint density at radius 3 is 2.94 bits per heavy atom. The van der Waals surface area contributed by atoms with Crippen molar-refractivity contribution in [3.63, 3.8) is 0 Å². The fraction of sp³-hybridized carbons (Fsp3) is 0.308. The van der Waals surface area contributed by atoms with Crippen LogP contribution in [0.4, 0.5) is 0 Å². The van der Waals surface area contributed by atoms with Gasteiger partial charge in [-0.2, -0.15) is 0 Å². The lowest BCUT2D eigenvalue weighted by Crippen LogP contribution is -2.21. The molecule has 1 unspecified atom stereocenters. The first-order chi connectivity index (χ1) is 7.81. The van der Waals surface area contributed by atoms with E-state index in [2.05, 4.69) is 23.3 Å². The van der Waals surface area contributed by atoms with Crippen molar-refractivity contribution < 1.29 is 4.42 Å². The van der Waals surface area contributed by atoms with Crippen LogP contribution in [-0.2, 0) is 0 Å². The highest BCUT2D eigenvalue weighted by molar-refractivity contribution is 5.26. The van der Waals surface area contributed by atoms with Crippen molar-refractivity contribution in [1.82, 2.24) is 10.3 Å². The average molecular weight is 216 g/mol. The van der Waals surface area contributed by atoms with Crippen LogP contribution in [0.2, 0.25) is 0 Å². The van der Waals surface area contributed by atoms with E-state index in [-0.39, 0.29) is 6.04 Å². The highest BCUT2D eigenvalue weighted by atomic mass is 16.3. The lowest BCUT2D eigenvalue weighted by atomic mass is 10.1. The first-order valence-corrected chi connectivity index (χ1v) is 5.50. The molecule has 0 aliphatic carbocycles. The molecular weight excluding hydrogens is 200 g/mol. The fourth-order valence-electron chi connectivity index (χ4n) is 1.79. The van der Waals surface area contributed by atoms with E-state index in [1.807, 2.05) is 31.3 Å². The van der Waals surface area contributed by atoms with Crippen LogP contribution >= 0.6 is 0 Å². The second kappa shape index (κ2) is 4.94. The first-order valence-electron chi connectivity index (χ1n) is 5.50. The summed E-state index contributed by atoms with van der Waals surface area (Å²) >= 11 is 0. The molecule has 0 radical (unpaired) electrons. The molecule has 3 heteroatoms. The molecular formula is C13H16N2O. The Labute approximate surface area is 95.5 Å². The molecule has 0 amide bonds. The Bertz CT molecular complexity index is 437. The Hall–Kier alpha value is -1.61. The van der Waals surface area contributed by atoms with Crippen LogP contribution < -0.4 is 5.32 Å². The predicted octanol–water partition coefficient (Wildman–Crippen LogP) is 2.68. The number of nitrogens with one attached hydrogen (secondary N) is 1. The summed E-state index contributed by atoms with van der Waals surface area (Å²) in [4.78, 5) is 4.21. The predicted molar refractivity (Wildman–Crippen MR) is 63.2 cm³/mol. The molecule has 0 fully saturated rings. The van der Waals surface area contributed by atoms with Crippen LogP contribution in [0.15, 0.2) is 41.1 Å². The number of nitrogens with zero attached hydrogens (tertiary/aromatic N) is 1. The number of aromatic nitrogens is 1. The quantitative estimate of drug-likeness (QED) is 0.853. The second-order valence-electron chi connectivity index (χ2n) is 3.74. The molecule has 16 heavy (non-hydrogen) atoms. The second-order valence-corrected chi connectivity index (χ2v) is 3.74. The van der Waals surface area contributed by atoms with Crippen molar-refractivity contribution in [3.8, 4) is 0 Å². The summed E-state index contributed by atoms with van der Waals surface area (Å²) in [5.41, 5.74) is 2.20. The van der Waals surface area contributed by atoms with Gasteiger partial charge in [-0.25, -0.2) is 0 Å². The van der Waals surface area contributed by atoms with Gasteiger partial charge in [0.15, 0.2) is 0 Å². The van der Waals surface area contributed by atoms with Gasteiger partial charge < -0.3 is 9.73 Å². The number of furan rings is 1. The standard InChI is InChI=1S/C13H16N2O/c1-3-14-13(12-5-4-8-16-12)11-6-7-15-10(2)9-11/h4-9,13-14H,3H2,1-2H3. The number of rotatable bonds is 4. The van der Waals surface area contributed by atoms with Gasteiger partial charge in [0.25, 0.3) is 0 Å². The van der Waals surface area contributed by atoms with Gasteiger partial charge in [0.2, 0.25) is 0 Å². The van der Waals surface area contributed by atoms with Crippen molar-refractivity contribution >= 4 is 0 Å². The summed E-state index contributed by atoms with van der Waals surface area (Å²) in [6.45, 7) is 4.98. The van der Waals surface area contributed by atoms with Gasteiger partial charge in [0.05, 0.1) is 12.3 Å². The molecule has 0 bridgehead atoms. The van der Waals surface area contributed by atoms with Crippen LogP contribution in [0.5, 0.6) is 0 Å². The van der Waals surface area contributed by atoms with Crippen LogP contribution in [0.1, 0.15) is 30.0 Å². The zero-order valence-electron chi connectivity index (χ0n) is 9.60. The highest BCUT2D eigenvalue weighted by Crippen LogP contribution is 2.22. The minimum Gasteiger partial charge on any atom is -0.467 e. The summed E-state index contributed by atoms with van der Waals surface area (Å²) in [6.07, 6.45) is 3.53. The molecule has 2 heterocycles. The third kappa shape index (κ3) is 2.31. The minimum absolute atomic E-state index is 0.113. The van der Waals surface area contributed by atoms with Crippen LogP contribution in [0.3, 0.4) is 0 Å². The van der Waals surface area contributed by atoms with E-state index >= 15 is 0 Å². The molecule has 0 spiro atoms. The summed E-state index contributed by atoms with van der Waals surface area (Å²) in [5.74, 6) is 0.937. The van der Waals surface area contributed by atoms with Gasteiger partial charge in [-0.05, 0) is 43.3 Å². The zero-order chi connectivity index (χ0) is 11.4. The zero-order valence-corrected chi connectivity index (χ0v) is 9.60. The molecule has 84 valence electrons. The maximum Gasteiger partial charge on any atom is 0.125 e. The maximum atomic E-state index is 5.46. The molecule has 1 atom stereocenters. The molecule has 1 N–H and O–H groups in total. The lowest BCUT2D eigenvalue weighted by Gasteiger charge is -2.16. The normalized spacial score (nSPS) is 12.6. The molecule has 0 saturated carbocycles. The average Bonchev–Trinajstić information content (AvgIpc) is 2.79. The molecule has 0 saturated heterocycles. The van der Waals surface area contributed by atoms with E-state index in [1.54, 1.807) is 6.26 Å². The summed E-state index contributed by atoms with van der Waals surface area (Å²) in [6, 6.07) is 8.11.